The Balaban J connectivity index is 2.43. The summed E-state index contributed by atoms with van der Waals surface area (Å²) < 4.78 is 0.857. The quantitative estimate of drug-likeness (QED) is 0.620. The van der Waals surface area contributed by atoms with Gasteiger partial charge in [-0.25, -0.2) is 5.43 Å². The van der Waals surface area contributed by atoms with Crippen LogP contribution >= 0.6 is 39.1 Å². The predicted octanol–water partition coefficient (Wildman–Crippen LogP) is 4.62. The summed E-state index contributed by atoms with van der Waals surface area (Å²) in [5.41, 5.74) is 5.81. The van der Waals surface area contributed by atoms with Crippen LogP contribution in [0.2, 0.25) is 10.0 Å². The molecule has 0 spiro atoms. The Morgan fingerprint density at radius 2 is 1.63 bits per heavy atom. The average Bonchev–Trinajstić information content (AvgIpc) is 2.39. The van der Waals surface area contributed by atoms with Crippen LogP contribution in [0.15, 0.2) is 40.9 Å². The normalized spacial score (nSPS) is 12.5. The van der Waals surface area contributed by atoms with Gasteiger partial charge < -0.3 is 0 Å². The maximum atomic E-state index is 6.16. The second-order valence-corrected chi connectivity index (χ2v) is 5.95. The summed E-state index contributed by atoms with van der Waals surface area (Å²) in [4.78, 5) is 0. The number of rotatable bonds is 3. The summed E-state index contributed by atoms with van der Waals surface area (Å²) >= 11 is 15.6. The van der Waals surface area contributed by atoms with E-state index in [-0.39, 0.29) is 6.04 Å². The van der Waals surface area contributed by atoms with Gasteiger partial charge in [-0.3, -0.25) is 5.84 Å². The van der Waals surface area contributed by atoms with Crippen LogP contribution in [0.1, 0.15) is 22.7 Å². The SMILES string of the molecule is Cc1ccc(C(NN)c2ccc(Br)c(Cl)c2)cc1Cl. The van der Waals surface area contributed by atoms with Gasteiger partial charge in [-0.1, -0.05) is 41.4 Å². The molecule has 0 fully saturated rings. The van der Waals surface area contributed by atoms with Crippen molar-refractivity contribution in [3.63, 3.8) is 0 Å². The first-order valence-corrected chi connectivity index (χ1v) is 7.25. The van der Waals surface area contributed by atoms with E-state index < -0.39 is 0 Å². The molecule has 2 aromatic carbocycles. The van der Waals surface area contributed by atoms with Crippen molar-refractivity contribution < 1.29 is 0 Å². The van der Waals surface area contributed by atoms with Crippen molar-refractivity contribution in [2.45, 2.75) is 13.0 Å². The molecule has 0 bridgehead atoms. The van der Waals surface area contributed by atoms with Crippen LogP contribution in [0.3, 0.4) is 0 Å². The lowest BCUT2D eigenvalue weighted by molar-refractivity contribution is 0.637. The van der Waals surface area contributed by atoms with E-state index in [9.17, 15) is 0 Å². The third-order valence-corrected chi connectivity index (χ3v) is 4.61. The van der Waals surface area contributed by atoms with E-state index >= 15 is 0 Å². The molecule has 0 aromatic heterocycles. The fourth-order valence-electron chi connectivity index (χ4n) is 1.87. The highest BCUT2D eigenvalue weighted by Gasteiger charge is 2.14. The molecule has 0 heterocycles. The lowest BCUT2D eigenvalue weighted by Gasteiger charge is -2.18. The van der Waals surface area contributed by atoms with Gasteiger partial charge in [-0.15, -0.1) is 0 Å². The Morgan fingerprint density at radius 1 is 1.05 bits per heavy atom. The molecule has 5 heteroatoms. The van der Waals surface area contributed by atoms with Crippen LogP contribution in [0.4, 0.5) is 0 Å². The summed E-state index contributed by atoms with van der Waals surface area (Å²) in [6.07, 6.45) is 0. The number of nitrogens with one attached hydrogen (secondary N) is 1. The number of hydrogen-bond acceptors (Lipinski definition) is 2. The number of hydrazine groups is 1. The first-order valence-electron chi connectivity index (χ1n) is 5.70. The molecule has 0 aliphatic carbocycles. The van der Waals surface area contributed by atoms with Crippen molar-refractivity contribution in [2.75, 3.05) is 0 Å². The molecule has 0 radical (unpaired) electrons. The maximum absolute atomic E-state index is 6.16. The van der Waals surface area contributed by atoms with Crippen LogP contribution < -0.4 is 11.3 Å². The van der Waals surface area contributed by atoms with Crippen molar-refractivity contribution >= 4 is 39.1 Å². The Bertz CT molecular complexity index is 550. The number of hydrogen-bond donors (Lipinski definition) is 2. The Hall–Kier alpha value is -0.580. The Labute approximate surface area is 131 Å². The minimum atomic E-state index is -0.149. The molecule has 1 atom stereocenters. The zero-order chi connectivity index (χ0) is 14.0. The Kier molecular flexibility index (Phi) is 4.87. The molecule has 0 saturated heterocycles. The van der Waals surface area contributed by atoms with E-state index in [0.29, 0.717) is 5.02 Å². The standard InChI is InChI=1S/C14H13BrCl2N2/c1-8-2-3-9(6-12(8)16)14(19-18)10-4-5-11(15)13(17)7-10/h2-7,14,19H,18H2,1H3. The minimum absolute atomic E-state index is 0.149. The fraction of sp³-hybridized carbons (Fsp3) is 0.143. The van der Waals surface area contributed by atoms with E-state index in [0.717, 1.165) is 26.2 Å². The molecule has 0 amide bonds. The molecule has 0 aliphatic heterocycles. The summed E-state index contributed by atoms with van der Waals surface area (Å²) in [5, 5.41) is 1.37. The van der Waals surface area contributed by atoms with Crippen LogP contribution in [0.25, 0.3) is 0 Å². The molecule has 1 unspecified atom stereocenters. The molecule has 0 aliphatic rings. The number of halogens is 3. The molecule has 100 valence electrons. The van der Waals surface area contributed by atoms with E-state index in [1.807, 2.05) is 43.3 Å². The first kappa shape index (κ1) is 14.8. The molecule has 2 aromatic rings. The highest BCUT2D eigenvalue weighted by Crippen LogP contribution is 2.30. The van der Waals surface area contributed by atoms with Crippen molar-refractivity contribution in [3.8, 4) is 0 Å². The second kappa shape index (κ2) is 6.25. The predicted molar refractivity (Wildman–Crippen MR) is 84.5 cm³/mol. The minimum Gasteiger partial charge on any atom is -0.271 e. The van der Waals surface area contributed by atoms with Gasteiger partial charge >= 0.3 is 0 Å². The molecule has 0 saturated carbocycles. The van der Waals surface area contributed by atoms with E-state index in [1.54, 1.807) is 0 Å². The van der Waals surface area contributed by atoms with Crippen molar-refractivity contribution in [3.05, 3.63) is 67.6 Å². The van der Waals surface area contributed by atoms with Crippen LogP contribution in [0, 0.1) is 6.92 Å². The molecular weight excluding hydrogens is 347 g/mol. The summed E-state index contributed by atoms with van der Waals surface area (Å²) in [6.45, 7) is 1.97. The van der Waals surface area contributed by atoms with Gasteiger partial charge in [0.1, 0.15) is 0 Å². The molecular formula is C14H13BrCl2N2. The van der Waals surface area contributed by atoms with Crippen molar-refractivity contribution in [1.82, 2.24) is 5.43 Å². The van der Waals surface area contributed by atoms with E-state index in [2.05, 4.69) is 21.4 Å². The van der Waals surface area contributed by atoms with Gasteiger partial charge in [0.25, 0.3) is 0 Å². The third-order valence-electron chi connectivity index (χ3n) is 2.97. The average molecular weight is 360 g/mol. The van der Waals surface area contributed by atoms with E-state index in [4.69, 9.17) is 29.0 Å². The van der Waals surface area contributed by atoms with Crippen LogP contribution in [-0.2, 0) is 0 Å². The molecule has 2 nitrogen and oxygen atoms in total. The van der Waals surface area contributed by atoms with Crippen molar-refractivity contribution in [2.24, 2.45) is 5.84 Å². The van der Waals surface area contributed by atoms with Crippen molar-refractivity contribution in [1.29, 1.82) is 0 Å². The zero-order valence-corrected chi connectivity index (χ0v) is 13.4. The van der Waals surface area contributed by atoms with E-state index in [1.165, 1.54) is 0 Å². The smallest absolute Gasteiger partial charge is 0.0711 e. The lowest BCUT2D eigenvalue weighted by atomic mass is 9.98. The van der Waals surface area contributed by atoms with Gasteiger partial charge in [0.2, 0.25) is 0 Å². The third kappa shape index (κ3) is 3.30. The second-order valence-electron chi connectivity index (χ2n) is 4.28. The molecule has 19 heavy (non-hydrogen) atoms. The van der Waals surface area contributed by atoms with Crippen LogP contribution in [0.5, 0.6) is 0 Å². The number of benzene rings is 2. The van der Waals surface area contributed by atoms with Gasteiger partial charge in [0.05, 0.1) is 11.1 Å². The van der Waals surface area contributed by atoms with Gasteiger partial charge in [-0.05, 0) is 57.7 Å². The monoisotopic (exact) mass is 358 g/mol. The highest BCUT2D eigenvalue weighted by atomic mass is 79.9. The summed E-state index contributed by atoms with van der Waals surface area (Å²) in [7, 11) is 0. The topological polar surface area (TPSA) is 38.0 Å². The molecule has 3 N–H and O–H groups in total. The Morgan fingerprint density at radius 3 is 2.16 bits per heavy atom. The summed E-state index contributed by atoms with van der Waals surface area (Å²) in [5.74, 6) is 5.67. The largest absolute Gasteiger partial charge is 0.271 e. The molecule has 2 rings (SSSR count). The summed E-state index contributed by atoms with van der Waals surface area (Å²) in [6, 6.07) is 11.5. The maximum Gasteiger partial charge on any atom is 0.0711 e. The number of nitrogens with two attached hydrogens (primary N) is 1. The van der Waals surface area contributed by atoms with Crippen LogP contribution in [-0.4, -0.2) is 0 Å². The van der Waals surface area contributed by atoms with Gasteiger partial charge in [0.15, 0.2) is 0 Å². The van der Waals surface area contributed by atoms with Gasteiger partial charge in [-0.2, -0.15) is 0 Å². The number of aryl methyl sites for hydroxylation is 1. The zero-order valence-electron chi connectivity index (χ0n) is 10.3. The van der Waals surface area contributed by atoms with Gasteiger partial charge in [0, 0.05) is 9.50 Å². The first-order chi connectivity index (χ1) is 9.02. The fourth-order valence-corrected chi connectivity index (χ4v) is 2.49. The highest BCUT2D eigenvalue weighted by molar-refractivity contribution is 9.10. The lowest BCUT2D eigenvalue weighted by Crippen LogP contribution is -2.28.